The van der Waals surface area contributed by atoms with Gasteiger partial charge >= 0.3 is 0 Å². The molecule has 1 atom stereocenters. The molecule has 0 N–H and O–H groups in total. The van der Waals surface area contributed by atoms with E-state index in [-0.39, 0.29) is 23.5 Å². The summed E-state index contributed by atoms with van der Waals surface area (Å²) in [7, 11) is 0.0165. The van der Waals surface area contributed by atoms with Gasteiger partial charge in [-0.25, -0.2) is 8.42 Å². The van der Waals surface area contributed by atoms with Crippen molar-refractivity contribution in [3.63, 3.8) is 0 Å². The molecule has 0 bridgehead atoms. The van der Waals surface area contributed by atoms with Crippen molar-refractivity contribution in [1.82, 2.24) is 4.90 Å². The summed E-state index contributed by atoms with van der Waals surface area (Å²) in [4.78, 5) is 14.6. The molecule has 0 spiro atoms. The first-order valence-corrected chi connectivity index (χ1v) is 10.6. The third-order valence-corrected chi connectivity index (χ3v) is 7.21. The summed E-state index contributed by atoms with van der Waals surface area (Å²) in [6.45, 7) is 0. The van der Waals surface area contributed by atoms with Gasteiger partial charge in [-0.15, -0.1) is 0 Å². The molecule has 6 nitrogen and oxygen atoms in total. The van der Waals surface area contributed by atoms with E-state index in [9.17, 15) is 13.2 Å². The molecular weight excluding hydrogens is 382 g/mol. The number of carbonyl (C=O) groups is 1. The summed E-state index contributed by atoms with van der Waals surface area (Å²) in [6.07, 6.45) is 2.13. The Morgan fingerprint density at radius 3 is 2.68 bits per heavy atom. The molecule has 0 saturated carbocycles. The number of methoxy groups -OCH3 is 2. The van der Waals surface area contributed by atoms with Crippen LogP contribution in [0.2, 0.25) is 0 Å². The average molecular weight is 400 g/mol. The average Bonchev–Trinajstić information content (AvgIpc) is 3.06. The number of hydrogen-bond donors (Lipinski definition) is 0. The SMILES string of the molecule is COc1ccc(/C=C2\SC(=S)N([C@H]3CCS(=O)(=O)C3)C2=O)c(OC)c1. The Labute approximate surface area is 156 Å². The van der Waals surface area contributed by atoms with E-state index in [1.165, 1.54) is 16.7 Å². The molecule has 1 amide bonds. The van der Waals surface area contributed by atoms with Gasteiger partial charge in [0, 0.05) is 11.6 Å². The van der Waals surface area contributed by atoms with Gasteiger partial charge in [0.1, 0.15) is 15.8 Å². The predicted octanol–water partition coefficient (Wildman–Crippen LogP) is 2.09. The van der Waals surface area contributed by atoms with Crippen LogP contribution in [0.15, 0.2) is 23.1 Å². The molecule has 0 unspecified atom stereocenters. The standard InChI is InChI=1S/C16H17NO5S3/c1-21-12-4-3-10(13(8-12)22-2)7-14-15(18)17(16(23)24-14)11-5-6-25(19,20)9-11/h3-4,7-8,11H,5-6,9H2,1-2H3/b14-7-/t11-/m0/s1. The van der Waals surface area contributed by atoms with Crippen LogP contribution in [0.4, 0.5) is 0 Å². The van der Waals surface area contributed by atoms with Crippen molar-refractivity contribution in [3.8, 4) is 11.5 Å². The van der Waals surface area contributed by atoms with Gasteiger partial charge in [0.25, 0.3) is 5.91 Å². The van der Waals surface area contributed by atoms with E-state index in [0.717, 1.165) is 5.56 Å². The van der Waals surface area contributed by atoms with Crippen LogP contribution in [0, 0.1) is 0 Å². The number of rotatable bonds is 4. The summed E-state index contributed by atoms with van der Waals surface area (Å²) < 4.78 is 34.3. The first-order valence-electron chi connectivity index (χ1n) is 7.54. The van der Waals surface area contributed by atoms with Crippen LogP contribution in [0.25, 0.3) is 6.08 Å². The lowest BCUT2D eigenvalue weighted by atomic mass is 10.1. The molecule has 1 aromatic carbocycles. The van der Waals surface area contributed by atoms with Gasteiger partial charge < -0.3 is 9.47 Å². The lowest BCUT2D eigenvalue weighted by molar-refractivity contribution is -0.123. The van der Waals surface area contributed by atoms with Crippen molar-refractivity contribution < 1.29 is 22.7 Å². The molecule has 134 valence electrons. The fourth-order valence-electron chi connectivity index (χ4n) is 2.85. The zero-order valence-electron chi connectivity index (χ0n) is 13.7. The molecule has 25 heavy (non-hydrogen) atoms. The molecule has 0 aromatic heterocycles. The third-order valence-electron chi connectivity index (χ3n) is 4.12. The van der Waals surface area contributed by atoms with E-state index in [4.69, 9.17) is 21.7 Å². The molecule has 2 saturated heterocycles. The second kappa shape index (κ2) is 6.97. The number of thiocarbonyl (C=S) groups is 1. The minimum Gasteiger partial charge on any atom is -0.497 e. The van der Waals surface area contributed by atoms with E-state index in [1.807, 2.05) is 0 Å². The van der Waals surface area contributed by atoms with Crippen LogP contribution in [-0.4, -0.2) is 55.3 Å². The van der Waals surface area contributed by atoms with Gasteiger partial charge in [0.15, 0.2) is 9.84 Å². The smallest absolute Gasteiger partial charge is 0.266 e. The van der Waals surface area contributed by atoms with E-state index >= 15 is 0 Å². The van der Waals surface area contributed by atoms with Crippen LogP contribution >= 0.6 is 24.0 Å². The Morgan fingerprint density at radius 2 is 2.08 bits per heavy atom. The number of ether oxygens (including phenoxy) is 2. The number of benzene rings is 1. The summed E-state index contributed by atoms with van der Waals surface area (Å²) in [5, 5.41) is 0. The molecule has 2 fully saturated rings. The quantitative estimate of drug-likeness (QED) is 0.567. The molecular formula is C16H17NO5S3. The van der Waals surface area contributed by atoms with Crippen molar-refractivity contribution in [2.24, 2.45) is 0 Å². The molecule has 9 heteroatoms. The van der Waals surface area contributed by atoms with E-state index in [1.54, 1.807) is 38.5 Å². The van der Waals surface area contributed by atoms with Gasteiger partial charge in [-0.1, -0.05) is 24.0 Å². The van der Waals surface area contributed by atoms with Gasteiger partial charge in [-0.3, -0.25) is 9.69 Å². The number of amides is 1. The van der Waals surface area contributed by atoms with Crippen LogP contribution in [0.5, 0.6) is 11.5 Å². The molecule has 0 radical (unpaired) electrons. The minimum atomic E-state index is -3.09. The number of nitrogens with zero attached hydrogens (tertiary/aromatic N) is 1. The molecule has 2 aliphatic rings. The lowest BCUT2D eigenvalue weighted by Gasteiger charge is -2.20. The first kappa shape index (κ1) is 18.2. The number of hydrogen-bond acceptors (Lipinski definition) is 7. The lowest BCUT2D eigenvalue weighted by Crippen LogP contribution is -2.39. The second-order valence-corrected chi connectivity index (χ2v) is 9.62. The van der Waals surface area contributed by atoms with Gasteiger partial charge in [-0.2, -0.15) is 0 Å². The predicted molar refractivity (Wildman–Crippen MR) is 102 cm³/mol. The third kappa shape index (κ3) is 3.68. The minimum absolute atomic E-state index is 0.0292. The topological polar surface area (TPSA) is 72.9 Å². The van der Waals surface area contributed by atoms with Crippen LogP contribution in [0.3, 0.4) is 0 Å². The van der Waals surface area contributed by atoms with Gasteiger partial charge in [-0.05, 0) is 24.6 Å². The van der Waals surface area contributed by atoms with E-state index in [2.05, 4.69) is 0 Å². The van der Waals surface area contributed by atoms with Crippen molar-refractivity contribution in [3.05, 3.63) is 28.7 Å². The molecule has 2 aliphatic heterocycles. The number of sulfone groups is 1. The highest BCUT2D eigenvalue weighted by Gasteiger charge is 2.42. The summed E-state index contributed by atoms with van der Waals surface area (Å²) in [5.74, 6) is 1.04. The Bertz CT molecular complexity index is 863. The number of carbonyl (C=O) groups excluding carboxylic acids is 1. The van der Waals surface area contributed by atoms with Crippen molar-refractivity contribution in [2.45, 2.75) is 12.5 Å². The maximum atomic E-state index is 12.7. The first-order chi connectivity index (χ1) is 11.8. The molecule has 2 heterocycles. The zero-order valence-corrected chi connectivity index (χ0v) is 16.2. The Hall–Kier alpha value is -1.58. The van der Waals surface area contributed by atoms with Crippen molar-refractivity contribution in [1.29, 1.82) is 0 Å². The van der Waals surface area contributed by atoms with Crippen molar-refractivity contribution >= 4 is 50.1 Å². The number of thioether (sulfide) groups is 1. The normalized spacial score (nSPS) is 24.2. The Morgan fingerprint density at radius 1 is 1.32 bits per heavy atom. The molecule has 3 rings (SSSR count). The summed E-state index contributed by atoms with van der Waals surface area (Å²) in [5.41, 5.74) is 0.725. The monoisotopic (exact) mass is 399 g/mol. The highest BCUT2D eigenvalue weighted by molar-refractivity contribution is 8.26. The summed E-state index contributed by atoms with van der Waals surface area (Å²) in [6, 6.07) is 4.93. The van der Waals surface area contributed by atoms with Crippen LogP contribution < -0.4 is 9.47 Å². The van der Waals surface area contributed by atoms with E-state index < -0.39 is 9.84 Å². The van der Waals surface area contributed by atoms with Gasteiger partial charge in [0.2, 0.25) is 0 Å². The fraction of sp³-hybridized carbons (Fsp3) is 0.375. The summed E-state index contributed by atoms with van der Waals surface area (Å²) >= 11 is 6.48. The second-order valence-electron chi connectivity index (χ2n) is 5.72. The molecule has 0 aliphatic carbocycles. The highest BCUT2D eigenvalue weighted by Crippen LogP contribution is 2.37. The Balaban J connectivity index is 1.88. The fourth-order valence-corrected chi connectivity index (χ4v) is 5.94. The zero-order chi connectivity index (χ0) is 18.2. The molecule has 1 aromatic rings. The maximum absolute atomic E-state index is 12.7. The maximum Gasteiger partial charge on any atom is 0.266 e. The largest absolute Gasteiger partial charge is 0.497 e. The van der Waals surface area contributed by atoms with Gasteiger partial charge in [0.05, 0.1) is 36.7 Å². The van der Waals surface area contributed by atoms with Crippen LogP contribution in [-0.2, 0) is 14.6 Å². The van der Waals surface area contributed by atoms with E-state index in [0.29, 0.717) is 27.1 Å². The van der Waals surface area contributed by atoms with Crippen molar-refractivity contribution in [2.75, 3.05) is 25.7 Å². The Kier molecular flexibility index (Phi) is 5.08. The van der Waals surface area contributed by atoms with Crippen LogP contribution in [0.1, 0.15) is 12.0 Å². The highest BCUT2D eigenvalue weighted by atomic mass is 32.2.